The molecule has 0 atom stereocenters. The first-order valence-electron chi connectivity index (χ1n) is 13.8. The number of hydrogen-bond donors (Lipinski definition) is 2. The molecule has 0 saturated heterocycles. The maximum atomic E-state index is 14.2. The number of fused-ring (bicyclic) bond motifs is 1. The molecule has 0 radical (unpaired) electrons. The SMILES string of the molecule is CC(C)(C)C1CCC(Oc2ccc3cc(CNCCC(=O)NS(=O)(=O)c4ccccc4)ccc3c2C(F)(F)F)CC1. The van der Waals surface area contributed by atoms with Crippen LogP contribution in [-0.4, -0.2) is 27.0 Å². The topological polar surface area (TPSA) is 84.5 Å². The maximum absolute atomic E-state index is 14.2. The van der Waals surface area contributed by atoms with Crippen LogP contribution in [0.15, 0.2) is 65.6 Å². The summed E-state index contributed by atoms with van der Waals surface area (Å²) in [7, 11) is -3.94. The van der Waals surface area contributed by atoms with Crippen LogP contribution in [-0.2, 0) is 27.5 Å². The number of sulfonamides is 1. The minimum Gasteiger partial charge on any atom is -0.490 e. The first-order valence-corrected chi connectivity index (χ1v) is 15.3. The molecule has 6 nitrogen and oxygen atoms in total. The van der Waals surface area contributed by atoms with E-state index in [2.05, 4.69) is 26.1 Å². The highest BCUT2D eigenvalue weighted by Crippen LogP contribution is 2.44. The molecule has 2 N–H and O–H groups in total. The molecule has 41 heavy (non-hydrogen) atoms. The molecule has 0 aromatic heterocycles. The van der Waals surface area contributed by atoms with Gasteiger partial charge in [-0.05, 0) is 77.6 Å². The molecule has 1 aliphatic rings. The molecule has 0 unspecified atom stereocenters. The summed E-state index contributed by atoms with van der Waals surface area (Å²) >= 11 is 0. The summed E-state index contributed by atoms with van der Waals surface area (Å²) in [5.41, 5.74) is 0.147. The van der Waals surface area contributed by atoms with Crippen molar-refractivity contribution in [1.29, 1.82) is 0 Å². The van der Waals surface area contributed by atoms with Gasteiger partial charge in [0.2, 0.25) is 5.91 Å². The molecule has 0 bridgehead atoms. The normalized spacial score (nSPS) is 18.3. The molecule has 3 aromatic carbocycles. The quantitative estimate of drug-likeness (QED) is 0.267. The van der Waals surface area contributed by atoms with E-state index in [9.17, 15) is 26.4 Å². The molecule has 0 aliphatic heterocycles. The molecule has 1 saturated carbocycles. The zero-order chi connectivity index (χ0) is 29.8. The molecule has 0 spiro atoms. The van der Waals surface area contributed by atoms with Gasteiger partial charge in [0.15, 0.2) is 0 Å². The zero-order valence-corrected chi connectivity index (χ0v) is 24.4. The van der Waals surface area contributed by atoms with E-state index >= 15 is 0 Å². The smallest absolute Gasteiger partial charge is 0.420 e. The number of carbonyl (C=O) groups is 1. The van der Waals surface area contributed by atoms with E-state index in [-0.39, 0.29) is 40.5 Å². The minimum absolute atomic E-state index is 0.00262. The van der Waals surface area contributed by atoms with E-state index in [1.54, 1.807) is 36.4 Å². The summed E-state index contributed by atoms with van der Waals surface area (Å²) in [6, 6.07) is 15.4. The van der Waals surface area contributed by atoms with Gasteiger partial charge in [0, 0.05) is 19.5 Å². The van der Waals surface area contributed by atoms with Crippen molar-refractivity contribution in [2.24, 2.45) is 11.3 Å². The van der Waals surface area contributed by atoms with E-state index in [1.165, 1.54) is 24.3 Å². The Balaban J connectivity index is 1.37. The van der Waals surface area contributed by atoms with Gasteiger partial charge in [-0.15, -0.1) is 0 Å². The van der Waals surface area contributed by atoms with Gasteiger partial charge in [-0.1, -0.05) is 57.2 Å². The van der Waals surface area contributed by atoms with E-state index in [1.807, 2.05) is 4.72 Å². The lowest BCUT2D eigenvalue weighted by Crippen LogP contribution is -2.32. The highest BCUT2D eigenvalue weighted by atomic mass is 32.2. The summed E-state index contributed by atoms with van der Waals surface area (Å²) in [6.45, 7) is 7.08. The third-order valence-electron chi connectivity index (χ3n) is 7.68. The van der Waals surface area contributed by atoms with Crippen LogP contribution in [0.2, 0.25) is 0 Å². The number of carbonyl (C=O) groups excluding carboxylic acids is 1. The number of benzene rings is 3. The van der Waals surface area contributed by atoms with Gasteiger partial charge in [0.1, 0.15) is 11.3 Å². The van der Waals surface area contributed by atoms with Gasteiger partial charge in [-0.25, -0.2) is 13.1 Å². The third kappa shape index (κ3) is 8.01. The highest BCUT2D eigenvalue weighted by molar-refractivity contribution is 7.90. The molecule has 4 rings (SSSR count). The number of amides is 1. The molecule has 1 amide bonds. The number of rotatable bonds is 9. The number of alkyl halides is 3. The van der Waals surface area contributed by atoms with Crippen molar-refractivity contribution in [2.75, 3.05) is 6.54 Å². The fraction of sp³-hybridized carbons (Fsp3) is 0.452. The lowest BCUT2D eigenvalue weighted by atomic mass is 9.72. The second-order valence-corrected chi connectivity index (χ2v) is 13.4. The van der Waals surface area contributed by atoms with Crippen LogP contribution in [0.25, 0.3) is 10.8 Å². The minimum atomic E-state index is -4.58. The van der Waals surface area contributed by atoms with Crippen molar-refractivity contribution in [3.05, 3.63) is 71.8 Å². The summed E-state index contributed by atoms with van der Waals surface area (Å²) in [6.07, 6.45) is -1.57. The van der Waals surface area contributed by atoms with Gasteiger partial charge in [-0.2, -0.15) is 13.2 Å². The first-order chi connectivity index (χ1) is 19.2. The molecule has 1 fully saturated rings. The molecule has 3 aromatic rings. The molecular formula is C31H37F3N2O4S. The van der Waals surface area contributed by atoms with E-state index in [0.717, 1.165) is 31.2 Å². The summed E-state index contributed by atoms with van der Waals surface area (Å²) in [4.78, 5) is 12.1. The monoisotopic (exact) mass is 590 g/mol. The second-order valence-electron chi connectivity index (χ2n) is 11.7. The number of hydrogen-bond acceptors (Lipinski definition) is 5. The fourth-order valence-corrected chi connectivity index (χ4v) is 6.42. The number of ether oxygens (including phenoxy) is 1. The molecule has 0 heterocycles. The zero-order valence-electron chi connectivity index (χ0n) is 23.6. The van der Waals surface area contributed by atoms with Crippen LogP contribution in [0, 0.1) is 11.3 Å². The van der Waals surface area contributed by atoms with Crippen molar-refractivity contribution >= 4 is 26.7 Å². The summed E-state index contributed by atoms with van der Waals surface area (Å²) in [5, 5.41) is 3.56. The number of nitrogens with one attached hydrogen (secondary N) is 2. The Bertz CT molecular complexity index is 1460. The van der Waals surface area contributed by atoms with Gasteiger partial charge >= 0.3 is 6.18 Å². The molecule has 222 valence electrons. The van der Waals surface area contributed by atoms with Crippen molar-refractivity contribution in [3.8, 4) is 5.75 Å². The van der Waals surface area contributed by atoms with E-state index in [0.29, 0.717) is 17.8 Å². The van der Waals surface area contributed by atoms with Crippen LogP contribution in [0.3, 0.4) is 0 Å². The Kier molecular flexibility index (Phi) is 9.33. The van der Waals surface area contributed by atoms with E-state index < -0.39 is 27.7 Å². The second kappa shape index (κ2) is 12.4. The standard InChI is InChI=1S/C31H37F3N2O4S/c1-30(2,3)23-11-13-24(14-12-23)40-27-16-10-22-19-21(9-15-26(22)29(27)31(32,33)34)20-35-18-17-28(37)36-41(38,39)25-7-5-4-6-8-25/h4-10,15-16,19,23-24,35H,11-14,17-18,20H2,1-3H3,(H,36,37). The predicted octanol–water partition coefficient (Wildman–Crippen LogP) is 6.83. The molecule has 1 aliphatic carbocycles. The Labute approximate surface area is 239 Å². The largest absolute Gasteiger partial charge is 0.490 e. The Morgan fingerprint density at radius 3 is 2.27 bits per heavy atom. The Hall–Kier alpha value is -3.11. The lowest BCUT2D eigenvalue weighted by molar-refractivity contribution is -0.138. The van der Waals surface area contributed by atoms with Crippen LogP contribution >= 0.6 is 0 Å². The fourth-order valence-electron chi connectivity index (χ4n) is 5.38. The lowest BCUT2D eigenvalue weighted by Gasteiger charge is -2.37. The van der Waals surface area contributed by atoms with Gasteiger partial charge in [0.25, 0.3) is 10.0 Å². The van der Waals surface area contributed by atoms with E-state index in [4.69, 9.17) is 4.74 Å². The van der Waals surface area contributed by atoms with Crippen LogP contribution < -0.4 is 14.8 Å². The average molecular weight is 591 g/mol. The summed E-state index contributed by atoms with van der Waals surface area (Å²) < 4.78 is 75.2. The number of halogens is 3. The van der Waals surface area contributed by atoms with Gasteiger partial charge in [-0.3, -0.25) is 4.79 Å². The van der Waals surface area contributed by atoms with Crippen LogP contribution in [0.5, 0.6) is 5.75 Å². The highest BCUT2D eigenvalue weighted by Gasteiger charge is 2.38. The first kappa shape index (κ1) is 30.8. The average Bonchev–Trinajstić information content (AvgIpc) is 2.90. The van der Waals surface area contributed by atoms with Crippen molar-refractivity contribution in [2.45, 2.75) is 76.6 Å². The van der Waals surface area contributed by atoms with Crippen molar-refractivity contribution in [1.82, 2.24) is 10.0 Å². The van der Waals surface area contributed by atoms with Crippen molar-refractivity contribution in [3.63, 3.8) is 0 Å². The molecular weight excluding hydrogens is 553 g/mol. The van der Waals surface area contributed by atoms with Crippen molar-refractivity contribution < 1.29 is 31.1 Å². The third-order valence-corrected chi connectivity index (χ3v) is 9.07. The predicted molar refractivity (Wildman–Crippen MR) is 153 cm³/mol. The van der Waals surface area contributed by atoms with Crippen LogP contribution in [0.1, 0.15) is 64.0 Å². The van der Waals surface area contributed by atoms with Gasteiger partial charge < -0.3 is 10.1 Å². The van der Waals surface area contributed by atoms with Crippen LogP contribution in [0.4, 0.5) is 13.2 Å². The molecule has 10 heteroatoms. The Morgan fingerprint density at radius 2 is 1.63 bits per heavy atom. The maximum Gasteiger partial charge on any atom is 0.420 e. The Morgan fingerprint density at radius 1 is 0.951 bits per heavy atom. The van der Waals surface area contributed by atoms with Gasteiger partial charge in [0.05, 0.1) is 11.0 Å². The summed E-state index contributed by atoms with van der Waals surface area (Å²) in [5.74, 6) is -0.259.